The lowest BCUT2D eigenvalue weighted by atomic mass is 9.32. The highest BCUT2D eigenvalue weighted by Crippen LogP contribution is 2.79. The Hall–Kier alpha value is -3.99. The predicted molar refractivity (Wildman–Crippen MR) is 286 cm³/mol. The summed E-state index contributed by atoms with van der Waals surface area (Å²) in [6.45, 7) is 11.5. The van der Waals surface area contributed by atoms with E-state index in [1.54, 1.807) is 12.1 Å². The highest BCUT2D eigenvalue weighted by molar-refractivity contribution is 7.99. The number of sulfonamides is 1. The van der Waals surface area contributed by atoms with Gasteiger partial charge in [0.2, 0.25) is 12.3 Å². The van der Waals surface area contributed by atoms with E-state index >= 15 is 0 Å². The van der Waals surface area contributed by atoms with Gasteiger partial charge in [-0.3, -0.25) is 19.4 Å². The van der Waals surface area contributed by atoms with E-state index in [1.165, 1.54) is 35.0 Å². The summed E-state index contributed by atoms with van der Waals surface area (Å²) in [6, 6.07) is 17.4. The zero-order valence-electron chi connectivity index (χ0n) is 42.7. The number of hydrogen-bond acceptors (Lipinski definition) is 12. The predicted octanol–water partition coefficient (Wildman–Crippen LogP) is 9.21. The molecule has 1 atom stereocenters. The van der Waals surface area contributed by atoms with Gasteiger partial charge in [0.15, 0.2) is 0 Å². The van der Waals surface area contributed by atoms with Gasteiger partial charge in [-0.05, 0) is 130 Å². The summed E-state index contributed by atoms with van der Waals surface area (Å²) in [7, 11) is -11.0. The molecular formula is C53H71ClF5N7O6S3. The molecule has 2 bridgehead atoms. The van der Waals surface area contributed by atoms with Crippen LogP contribution in [0, 0.1) is 16.2 Å². The molecular weight excluding hydrogens is 1060 g/mol. The largest absolute Gasteiger partial charge is 0.501 e. The molecule has 6 aliphatic rings. The van der Waals surface area contributed by atoms with E-state index in [0.717, 1.165) is 80.9 Å². The first-order valence-corrected chi connectivity index (χ1v) is 29.7. The van der Waals surface area contributed by atoms with Crippen LogP contribution in [0.3, 0.4) is 0 Å². The quantitative estimate of drug-likeness (QED) is 0.0379. The second kappa shape index (κ2) is 23.9. The van der Waals surface area contributed by atoms with Crippen molar-refractivity contribution in [1.82, 2.24) is 19.4 Å². The lowest BCUT2D eigenvalue weighted by molar-refractivity contribution is -0.250. The SMILES string of the molecule is CC1(C)CCC(CN2CCN(c3ccc(C(=O)NS(=O)(=O)c4ccc(NC(CCN5CCN(C(=O)CCCCCN)CC5)CSc5ccccc5)c(S(=O)(=O)C(F)(F)F)c4)cc3)CC2)=C(C23CC(C(F)F)(C2)C3)C1.Cl. The number of alkyl halides is 5. The molecule has 2 amide bonds. The summed E-state index contributed by atoms with van der Waals surface area (Å²) in [5.41, 5.74) is 2.25. The first-order valence-electron chi connectivity index (χ1n) is 25.8. The van der Waals surface area contributed by atoms with Crippen molar-refractivity contribution in [2.24, 2.45) is 22.0 Å². The molecule has 2 saturated heterocycles. The molecule has 414 valence electrons. The number of unbranched alkanes of at least 4 members (excludes halogenated alkanes) is 2. The number of allylic oxidation sites excluding steroid dienone is 1. The maximum Gasteiger partial charge on any atom is 0.501 e. The third kappa shape index (κ3) is 13.7. The van der Waals surface area contributed by atoms with E-state index in [0.29, 0.717) is 96.3 Å². The molecule has 3 aromatic carbocycles. The zero-order valence-corrected chi connectivity index (χ0v) is 46.0. The van der Waals surface area contributed by atoms with Gasteiger partial charge in [0.25, 0.3) is 25.8 Å². The zero-order chi connectivity index (χ0) is 53.1. The Labute approximate surface area is 449 Å². The van der Waals surface area contributed by atoms with Crippen molar-refractivity contribution in [3.63, 3.8) is 0 Å². The van der Waals surface area contributed by atoms with Gasteiger partial charge in [0.05, 0.1) is 10.6 Å². The highest BCUT2D eigenvalue weighted by Gasteiger charge is 2.73. The van der Waals surface area contributed by atoms with Gasteiger partial charge in [-0.15, -0.1) is 24.2 Å². The fourth-order valence-electron chi connectivity index (χ4n) is 11.6. The van der Waals surface area contributed by atoms with E-state index in [1.807, 2.05) is 40.0 Å². The Morgan fingerprint density at radius 1 is 0.827 bits per heavy atom. The van der Waals surface area contributed by atoms with Crippen molar-refractivity contribution >= 4 is 67.2 Å². The van der Waals surface area contributed by atoms with E-state index in [9.17, 15) is 48.4 Å². The monoisotopic (exact) mass is 1130 g/mol. The number of rotatable bonds is 22. The molecule has 13 nitrogen and oxygen atoms in total. The van der Waals surface area contributed by atoms with Crippen molar-refractivity contribution in [3.8, 4) is 0 Å². The number of nitrogens with zero attached hydrogens (tertiary/aromatic N) is 4. The molecule has 9 rings (SSSR count). The van der Waals surface area contributed by atoms with Crippen LogP contribution in [0.4, 0.5) is 33.3 Å². The first kappa shape index (κ1) is 58.7. The number of halogens is 6. The van der Waals surface area contributed by atoms with Crippen LogP contribution < -0.4 is 20.7 Å². The molecule has 4 aliphatic carbocycles. The number of thioether (sulfide) groups is 1. The average molecular weight is 1130 g/mol. The molecule has 0 radical (unpaired) electrons. The molecule has 4 N–H and O–H groups in total. The fourth-order valence-corrected chi connectivity index (χ4v) is 14.6. The first-order chi connectivity index (χ1) is 35.0. The number of amides is 2. The van der Waals surface area contributed by atoms with Crippen LogP contribution in [0.1, 0.15) is 94.8 Å². The van der Waals surface area contributed by atoms with Gasteiger partial charge >= 0.3 is 5.51 Å². The van der Waals surface area contributed by atoms with Crippen LogP contribution in [-0.2, 0) is 24.7 Å². The van der Waals surface area contributed by atoms with Crippen LogP contribution in [-0.4, -0.2) is 139 Å². The normalized spacial score (nSPS) is 22.7. The van der Waals surface area contributed by atoms with Gasteiger partial charge < -0.3 is 20.9 Å². The van der Waals surface area contributed by atoms with Crippen LogP contribution in [0.5, 0.6) is 0 Å². The maximum atomic E-state index is 14.3. The van der Waals surface area contributed by atoms with Crippen molar-refractivity contribution in [1.29, 1.82) is 0 Å². The average Bonchev–Trinajstić information content (AvgIpc) is 3.33. The minimum Gasteiger partial charge on any atom is -0.380 e. The van der Waals surface area contributed by atoms with Gasteiger partial charge in [-0.25, -0.2) is 30.3 Å². The molecule has 22 heteroatoms. The number of hydrogen-bond donors (Lipinski definition) is 3. The topological polar surface area (TPSA) is 165 Å². The number of piperazine rings is 2. The fraction of sp³-hybridized carbons (Fsp3) is 0.585. The summed E-state index contributed by atoms with van der Waals surface area (Å²) in [6.07, 6.45) is 5.85. The minimum atomic E-state index is -6.12. The molecule has 5 fully saturated rings. The van der Waals surface area contributed by atoms with E-state index < -0.39 is 64.6 Å². The second-order valence-electron chi connectivity index (χ2n) is 21.8. The number of carbonyl (C=O) groups excluding carboxylic acids is 2. The second-order valence-corrected chi connectivity index (χ2v) is 26.5. The molecule has 2 aliphatic heterocycles. The van der Waals surface area contributed by atoms with E-state index in [2.05, 4.69) is 33.9 Å². The molecule has 2 heterocycles. The smallest absolute Gasteiger partial charge is 0.380 e. The molecule has 3 aromatic rings. The Balaban J connectivity index is 0.00000820. The van der Waals surface area contributed by atoms with Gasteiger partial charge in [-0.1, -0.05) is 49.6 Å². The van der Waals surface area contributed by atoms with Crippen LogP contribution in [0.25, 0.3) is 0 Å². The van der Waals surface area contributed by atoms with Crippen molar-refractivity contribution < 1.29 is 48.4 Å². The third-order valence-corrected chi connectivity index (χ3v) is 19.9. The highest BCUT2D eigenvalue weighted by atomic mass is 35.5. The van der Waals surface area contributed by atoms with E-state index in [4.69, 9.17) is 5.73 Å². The number of carbonyl (C=O) groups is 2. The molecule has 0 aromatic heterocycles. The Kier molecular flexibility index (Phi) is 18.7. The van der Waals surface area contributed by atoms with Crippen LogP contribution in [0.2, 0.25) is 0 Å². The summed E-state index contributed by atoms with van der Waals surface area (Å²) in [4.78, 5) is 33.5. The summed E-state index contributed by atoms with van der Waals surface area (Å²) in [5.74, 6) is -0.660. The van der Waals surface area contributed by atoms with Crippen molar-refractivity contribution in [2.45, 2.75) is 117 Å². The Morgan fingerprint density at radius 2 is 1.48 bits per heavy atom. The van der Waals surface area contributed by atoms with Gasteiger partial charge in [-0.2, -0.15) is 13.2 Å². The molecule has 75 heavy (non-hydrogen) atoms. The lowest BCUT2D eigenvalue weighted by Gasteiger charge is -2.72. The summed E-state index contributed by atoms with van der Waals surface area (Å²) >= 11 is 1.42. The number of benzene rings is 3. The van der Waals surface area contributed by atoms with Crippen molar-refractivity contribution in [3.05, 3.63) is 89.5 Å². The van der Waals surface area contributed by atoms with Crippen LogP contribution >= 0.6 is 24.2 Å². The Bertz CT molecular complexity index is 2720. The Morgan fingerprint density at radius 3 is 2.11 bits per heavy atom. The molecule has 3 saturated carbocycles. The maximum absolute atomic E-state index is 14.3. The summed E-state index contributed by atoms with van der Waals surface area (Å²) in [5, 5.41) is 3.00. The van der Waals surface area contributed by atoms with Crippen LogP contribution in [0.15, 0.2) is 98.6 Å². The van der Waals surface area contributed by atoms with Crippen molar-refractivity contribution in [2.75, 3.05) is 88.0 Å². The number of nitrogens with one attached hydrogen (secondary N) is 2. The molecule has 1 unspecified atom stereocenters. The third-order valence-electron chi connectivity index (χ3n) is 15.9. The van der Waals surface area contributed by atoms with Gasteiger partial charge in [0, 0.05) is 105 Å². The number of anilines is 2. The lowest BCUT2D eigenvalue weighted by Crippen LogP contribution is -2.66. The van der Waals surface area contributed by atoms with E-state index in [-0.39, 0.29) is 34.7 Å². The minimum absolute atomic E-state index is 0. The summed E-state index contributed by atoms with van der Waals surface area (Å²) < 4.78 is 126. The number of sulfone groups is 1. The number of nitrogens with two attached hydrogens (primary N) is 1. The standard InChI is InChI=1S/C53H70F5N7O6S3.ClH/c1-50(2)20-18-39(44(32-50)51-35-52(36-51,37-51)49(54)55)33-63-25-27-64(28-26-63)41-14-12-38(13-15-41)48(67)61-74(70,71)43-16-17-45(46(31-43)73(68,69)53(56,57)58)60-40(34-72-42-9-5-3-6-10-42)19-22-62-23-29-65(30-24-62)47(66)11-7-4-8-21-59;/h3,5-6,9-10,12-17,31,40,49,60H,4,7-8,11,18-30,32-37,59H2,1-2H3,(H,61,67);1H. The molecule has 0 spiro atoms. The van der Waals surface area contributed by atoms with Gasteiger partial charge in [0.1, 0.15) is 4.90 Å².